The number of anilines is 3. The number of nitrogens with zero attached hydrogens (tertiary/aromatic N) is 2. The number of fused-ring (bicyclic) bond motifs is 9. The van der Waals surface area contributed by atoms with Crippen LogP contribution in [0.5, 0.6) is 0 Å². The van der Waals surface area contributed by atoms with Crippen molar-refractivity contribution in [3.8, 4) is 39.1 Å². The quantitative estimate of drug-likeness (QED) is 0.159. The number of benzene rings is 10. The van der Waals surface area contributed by atoms with Crippen molar-refractivity contribution in [1.82, 2.24) is 4.57 Å². The predicted molar refractivity (Wildman–Crippen MR) is 272 cm³/mol. The molecule has 13 aromatic rings. The van der Waals surface area contributed by atoms with Crippen molar-refractivity contribution >= 4 is 92.3 Å². The summed E-state index contributed by atoms with van der Waals surface area (Å²) < 4.78 is 11.5. The van der Waals surface area contributed by atoms with Crippen LogP contribution >= 0.6 is 11.3 Å². The number of furan rings is 1. The lowest BCUT2D eigenvalue weighted by Gasteiger charge is -2.28. The second-order valence-electron chi connectivity index (χ2n) is 16.4. The third-order valence-electron chi connectivity index (χ3n) is 12.8. The molecule has 0 amide bonds. The van der Waals surface area contributed by atoms with Crippen LogP contribution in [0.15, 0.2) is 235 Å². The van der Waals surface area contributed by atoms with Gasteiger partial charge in [0.2, 0.25) is 0 Å². The van der Waals surface area contributed by atoms with Gasteiger partial charge in [0, 0.05) is 69.8 Å². The Balaban J connectivity index is 1.05. The summed E-state index contributed by atoms with van der Waals surface area (Å²) in [6, 6.07) is 83.4. The van der Waals surface area contributed by atoms with E-state index in [0.29, 0.717) is 0 Å². The Hall–Kier alpha value is -8.18. The van der Waals surface area contributed by atoms with Crippen LogP contribution in [0.25, 0.3) is 103 Å². The zero-order valence-corrected chi connectivity index (χ0v) is 35.5. The molecule has 10 aromatic carbocycles. The van der Waals surface area contributed by atoms with Crippen LogP contribution < -0.4 is 4.90 Å². The molecule has 64 heavy (non-hydrogen) atoms. The van der Waals surface area contributed by atoms with Crippen LogP contribution in [0, 0.1) is 0 Å². The van der Waals surface area contributed by atoms with Gasteiger partial charge in [-0.2, -0.15) is 0 Å². The van der Waals surface area contributed by atoms with Gasteiger partial charge in [0.15, 0.2) is 0 Å². The van der Waals surface area contributed by atoms with Crippen LogP contribution in [0.4, 0.5) is 17.1 Å². The van der Waals surface area contributed by atoms with Crippen molar-refractivity contribution in [2.75, 3.05) is 4.90 Å². The highest BCUT2D eigenvalue weighted by molar-refractivity contribution is 7.26. The van der Waals surface area contributed by atoms with Gasteiger partial charge in [-0.25, -0.2) is 0 Å². The summed E-state index contributed by atoms with van der Waals surface area (Å²) in [4.78, 5) is 2.45. The maximum absolute atomic E-state index is 6.58. The van der Waals surface area contributed by atoms with E-state index in [1.54, 1.807) is 0 Å². The molecule has 0 unspecified atom stereocenters. The number of aromatic nitrogens is 1. The molecule has 0 bridgehead atoms. The lowest BCUT2D eigenvalue weighted by molar-refractivity contribution is 0.670. The van der Waals surface area contributed by atoms with Crippen LogP contribution in [0.3, 0.4) is 0 Å². The van der Waals surface area contributed by atoms with Crippen molar-refractivity contribution in [3.63, 3.8) is 0 Å². The minimum Gasteiger partial charge on any atom is -0.455 e. The highest BCUT2D eigenvalue weighted by Gasteiger charge is 2.24. The molecule has 0 aliphatic heterocycles. The molecule has 0 aliphatic rings. The molecular weight excluding hydrogens is 797 g/mol. The van der Waals surface area contributed by atoms with E-state index in [-0.39, 0.29) is 0 Å². The Bertz CT molecular complexity index is 3860. The summed E-state index contributed by atoms with van der Waals surface area (Å²) in [5.74, 6) is 0. The van der Waals surface area contributed by atoms with Gasteiger partial charge < -0.3 is 13.9 Å². The molecule has 3 heterocycles. The molecule has 0 atom stereocenters. The first-order valence-electron chi connectivity index (χ1n) is 21.8. The highest BCUT2D eigenvalue weighted by Crippen LogP contribution is 2.50. The molecule has 0 aliphatic carbocycles. The van der Waals surface area contributed by atoms with Gasteiger partial charge in [0.1, 0.15) is 11.2 Å². The van der Waals surface area contributed by atoms with Crippen LogP contribution in [0.2, 0.25) is 0 Å². The van der Waals surface area contributed by atoms with Crippen molar-refractivity contribution in [1.29, 1.82) is 0 Å². The van der Waals surface area contributed by atoms with E-state index in [0.717, 1.165) is 55.8 Å². The number of rotatable bonds is 7. The predicted octanol–water partition coefficient (Wildman–Crippen LogP) is 17.5. The maximum atomic E-state index is 6.58. The second kappa shape index (κ2) is 14.7. The van der Waals surface area contributed by atoms with E-state index in [9.17, 15) is 0 Å². The molecule has 0 radical (unpaired) electrons. The Morgan fingerprint density at radius 1 is 0.391 bits per heavy atom. The zero-order chi connectivity index (χ0) is 42.1. The molecule has 0 fully saturated rings. The fourth-order valence-electron chi connectivity index (χ4n) is 9.94. The van der Waals surface area contributed by atoms with Gasteiger partial charge in [0.05, 0.1) is 22.4 Å². The van der Waals surface area contributed by atoms with E-state index < -0.39 is 0 Å². The molecule has 0 saturated carbocycles. The third kappa shape index (κ3) is 5.73. The summed E-state index contributed by atoms with van der Waals surface area (Å²) in [6.07, 6.45) is 0. The monoisotopic (exact) mass is 834 g/mol. The van der Waals surface area contributed by atoms with Crippen LogP contribution in [0.1, 0.15) is 0 Å². The maximum Gasteiger partial charge on any atom is 0.143 e. The lowest BCUT2D eigenvalue weighted by Crippen LogP contribution is -2.10. The summed E-state index contributed by atoms with van der Waals surface area (Å²) in [5.41, 5.74) is 15.5. The van der Waals surface area contributed by atoms with E-state index >= 15 is 0 Å². The van der Waals surface area contributed by atoms with E-state index in [1.807, 2.05) is 17.4 Å². The molecule has 13 rings (SSSR count). The number of thiophene rings is 1. The first kappa shape index (κ1) is 36.5. The molecule has 3 aromatic heterocycles. The van der Waals surface area contributed by atoms with Gasteiger partial charge in [-0.1, -0.05) is 170 Å². The Morgan fingerprint density at radius 2 is 1.00 bits per heavy atom. The van der Waals surface area contributed by atoms with Crippen LogP contribution in [-0.2, 0) is 0 Å². The van der Waals surface area contributed by atoms with E-state index in [2.05, 4.69) is 234 Å². The van der Waals surface area contributed by atoms with E-state index in [1.165, 1.54) is 64.2 Å². The average Bonchev–Trinajstić information content (AvgIpc) is 4.05. The van der Waals surface area contributed by atoms with Crippen molar-refractivity contribution in [3.05, 3.63) is 231 Å². The first-order chi connectivity index (χ1) is 31.8. The normalized spacial score (nSPS) is 11.8. The van der Waals surface area contributed by atoms with Gasteiger partial charge in [-0.05, 0) is 77.4 Å². The molecule has 0 spiro atoms. The second-order valence-corrected chi connectivity index (χ2v) is 17.5. The fourth-order valence-corrected chi connectivity index (χ4v) is 11.2. The largest absolute Gasteiger partial charge is 0.455 e. The first-order valence-corrected chi connectivity index (χ1v) is 22.6. The topological polar surface area (TPSA) is 21.3 Å². The standard InChI is InChI=1S/C60H38N2OS/c1-2-16-39(17-3-1)40-32-34-42(35-33-40)61(43-19-14-18-41(38-43)44-25-15-26-49-48-23-7-12-30-56(48)63-59(44)49)55-37-36-50(60-58(55)51-24-8-13-31-57(51)64-60)47-22-6-11-29-54(47)62-52-27-9-4-20-45(52)46-21-5-10-28-53(46)62/h1-38H. The van der Waals surface area contributed by atoms with Gasteiger partial charge in [-0.15, -0.1) is 11.3 Å². The zero-order valence-electron chi connectivity index (χ0n) is 34.7. The van der Waals surface area contributed by atoms with Crippen molar-refractivity contribution in [2.24, 2.45) is 0 Å². The van der Waals surface area contributed by atoms with Gasteiger partial charge >= 0.3 is 0 Å². The molecule has 0 N–H and O–H groups in total. The minimum absolute atomic E-state index is 0.896. The average molecular weight is 835 g/mol. The molecule has 4 heteroatoms. The SMILES string of the molecule is c1ccc(-c2ccc(N(c3cccc(-c4cccc5c4oc4ccccc45)c3)c3ccc(-c4ccccc4-n4c5ccccc5c5ccccc54)c4sc5ccccc5c34)cc2)cc1. The summed E-state index contributed by atoms with van der Waals surface area (Å²) >= 11 is 1.87. The summed E-state index contributed by atoms with van der Waals surface area (Å²) in [5, 5.41) is 7.22. The molecule has 3 nitrogen and oxygen atoms in total. The third-order valence-corrected chi connectivity index (χ3v) is 14.0. The van der Waals surface area contributed by atoms with Crippen molar-refractivity contribution < 1.29 is 4.42 Å². The van der Waals surface area contributed by atoms with E-state index in [4.69, 9.17) is 4.42 Å². The Labute approximate surface area is 373 Å². The van der Waals surface area contributed by atoms with Crippen molar-refractivity contribution in [2.45, 2.75) is 0 Å². The van der Waals surface area contributed by atoms with Crippen LogP contribution in [-0.4, -0.2) is 4.57 Å². The molecular formula is C60H38N2OS. The smallest absolute Gasteiger partial charge is 0.143 e. The van der Waals surface area contributed by atoms with Gasteiger partial charge in [-0.3, -0.25) is 0 Å². The number of para-hydroxylation sites is 5. The summed E-state index contributed by atoms with van der Waals surface area (Å²) in [6.45, 7) is 0. The summed E-state index contributed by atoms with van der Waals surface area (Å²) in [7, 11) is 0. The number of hydrogen-bond acceptors (Lipinski definition) is 3. The molecule has 0 saturated heterocycles. The number of hydrogen-bond donors (Lipinski definition) is 0. The van der Waals surface area contributed by atoms with Gasteiger partial charge in [0.25, 0.3) is 0 Å². The molecule has 300 valence electrons. The fraction of sp³-hybridized carbons (Fsp3) is 0. The minimum atomic E-state index is 0.896. The Kier molecular flexibility index (Phi) is 8.40. The Morgan fingerprint density at radius 3 is 1.81 bits per heavy atom. The highest BCUT2D eigenvalue weighted by atomic mass is 32.1. The lowest BCUT2D eigenvalue weighted by atomic mass is 9.97.